The van der Waals surface area contributed by atoms with E-state index in [1.807, 2.05) is 12.1 Å². The van der Waals surface area contributed by atoms with Gasteiger partial charge in [-0.1, -0.05) is 35.3 Å². The predicted molar refractivity (Wildman–Crippen MR) is 125 cm³/mol. The molecule has 0 bridgehead atoms. The Morgan fingerprint density at radius 2 is 1.65 bits per heavy atom. The molecule has 0 aliphatic carbocycles. The lowest BCUT2D eigenvalue weighted by molar-refractivity contribution is 0.129. The first-order valence-corrected chi connectivity index (χ1v) is 12.4. The van der Waals surface area contributed by atoms with Gasteiger partial charge in [-0.15, -0.1) is 0 Å². The number of hydrogen-bond acceptors (Lipinski definition) is 5. The largest absolute Gasteiger partial charge is 0.299 e. The normalized spacial score (nSPS) is 16.1. The number of aromatic nitrogens is 1. The van der Waals surface area contributed by atoms with E-state index in [1.54, 1.807) is 24.4 Å². The minimum absolute atomic E-state index is 0.202. The number of fused-ring (bicyclic) bond motifs is 1. The van der Waals surface area contributed by atoms with Crippen molar-refractivity contribution in [1.29, 1.82) is 0 Å². The van der Waals surface area contributed by atoms with E-state index in [0.717, 1.165) is 37.7 Å². The standard InChI is InChI=1S/C22H24Cl2N4O2S/c23-18-5-3-17(4-6-18)16-28-14-12-27(13-15-28)11-10-26-31(29,30)21-8-7-20(24)22-19(21)2-1-9-25-22/h1-9,26H,10-16H2. The Hall–Kier alpha value is -1.74. The van der Waals surface area contributed by atoms with Crippen molar-refractivity contribution in [1.82, 2.24) is 19.5 Å². The maximum atomic E-state index is 12.9. The topological polar surface area (TPSA) is 65.5 Å². The number of halogens is 2. The quantitative estimate of drug-likeness (QED) is 0.561. The number of benzene rings is 2. The molecular weight excluding hydrogens is 455 g/mol. The summed E-state index contributed by atoms with van der Waals surface area (Å²) in [7, 11) is -3.66. The molecule has 4 rings (SSSR count). The van der Waals surface area contributed by atoms with Gasteiger partial charge >= 0.3 is 0 Å². The molecule has 1 aliphatic rings. The molecule has 1 aromatic heterocycles. The van der Waals surface area contributed by atoms with Crippen LogP contribution < -0.4 is 4.72 Å². The number of pyridine rings is 1. The monoisotopic (exact) mass is 478 g/mol. The van der Waals surface area contributed by atoms with E-state index in [-0.39, 0.29) is 4.90 Å². The van der Waals surface area contributed by atoms with Crippen LogP contribution >= 0.6 is 23.2 Å². The molecule has 1 N–H and O–H groups in total. The van der Waals surface area contributed by atoms with Gasteiger partial charge < -0.3 is 0 Å². The van der Waals surface area contributed by atoms with Gasteiger partial charge in [0.25, 0.3) is 0 Å². The SMILES string of the molecule is O=S(=O)(NCCN1CCN(Cc2ccc(Cl)cc2)CC1)c1ccc(Cl)c2ncccc12. The molecule has 1 saturated heterocycles. The summed E-state index contributed by atoms with van der Waals surface area (Å²) in [6, 6.07) is 14.5. The number of nitrogens with one attached hydrogen (secondary N) is 1. The second-order valence-electron chi connectivity index (χ2n) is 7.59. The highest BCUT2D eigenvalue weighted by atomic mass is 35.5. The Morgan fingerprint density at radius 1 is 0.935 bits per heavy atom. The van der Waals surface area contributed by atoms with Gasteiger partial charge in [0.2, 0.25) is 10.0 Å². The molecule has 1 aliphatic heterocycles. The molecule has 0 amide bonds. The number of hydrogen-bond donors (Lipinski definition) is 1. The third kappa shape index (κ3) is 5.55. The van der Waals surface area contributed by atoms with E-state index >= 15 is 0 Å². The molecule has 2 aromatic carbocycles. The molecule has 0 saturated carbocycles. The van der Waals surface area contributed by atoms with E-state index in [1.165, 1.54) is 11.6 Å². The smallest absolute Gasteiger partial charge is 0.241 e. The molecule has 9 heteroatoms. The summed E-state index contributed by atoms with van der Waals surface area (Å²) in [6.45, 7) is 5.62. The first-order valence-electron chi connectivity index (χ1n) is 10.1. The van der Waals surface area contributed by atoms with Gasteiger partial charge in [-0.05, 0) is 42.0 Å². The number of piperazine rings is 1. The third-order valence-corrected chi connectivity index (χ3v) is 7.55. The van der Waals surface area contributed by atoms with Crippen molar-refractivity contribution < 1.29 is 8.42 Å². The molecule has 0 unspecified atom stereocenters. The van der Waals surface area contributed by atoms with Crippen molar-refractivity contribution in [3.8, 4) is 0 Å². The Morgan fingerprint density at radius 3 is 2.39 bits per heavy atom. The van der Waals surface area contributed by atoms with Gasteiger partial charge in [-0.2, -0.15) is 0 Å². The summed E-state index contributed by atoms with van der Waals surface area (Å²) in [5, 5.41) is 1.71. The zero-order chi connectivity index (χ0) is 21.8. The van der Waals surface area contributed by atoms with E-state index in [4.69, 9.17) is 23.2 Å². The first-order chi connectivity index (χ1) is 14.9. The lowest BCUT2D eigenvalue weighted by Gasteiger charge is -2.34. The molecule has 0 spiro atoms. The highest BCUT2D eigenvalue weighted by Gasteiger charge is 2.20. The Bertz CT molecular complexity index is 1150. The second kappa shape index (κ2) is 9.81. The fourth-order valence-corrected chi connectivity index (χ4v) is 5.34. The first kappa shape index (κ1) is 22.5. The third-order valence-electron chi connectivity index (χ3n) is 5.47. The van der Waals surface area contributed by atoms with Crippen LogP contribution in [0.4, 0.5) is 0 Å². The minimum atomic E-state index is -3.66. The zero-order valence-electron chi connectivity index (χ0n) is 17.0. The number of rotatable bonds is 7. The average molecular weight is 479 g/mol. The minimum Gasteiger partial charge on any atom is -0.299 e. The summed E-state index contributed by atoms with van der Waals surface area (Å²) in [6.07, 6.45) is 1.60. The summed E-state index contributed by atoms with van der Waals surface area (Å²) in [5.41, 5.74) is 1.74. The molecule has 0 radical (unpaired) electrons. The van der Waals surface area contributed by atoms with Gasteiger partial charge in [-0.3, -0.25) is 14.8 Å². The number of nitrogens with zero attached hydrogens (tertiary/aromatic N) is 3. The fraction of sp³-hybridized carbons (Fsp3) is 0.318. The van der Waals surface area contributed by atoms with Crippen molar-refractivity contribution >= 4 is 44.1 Å². The molecule has 6 nitrogen and oxygen atoms in total. The highest BCUT2D eigenvalue weighted by Crippen LogP contribution is 2.27. The Balaban J connectivity index is 1.29. The molecule has 164 valence electrons. The van der Waals surface area contributed by atoms with E-state index in [9.17, 15) is 8.42 Å². The van der Waals surface area contributed by atoms with Crippen LogP contribution in [0.2, 0.25) is 10.0 Å². The lowest BCUT2D eigenvalue weighted by atomic mass is 10.2. The van der Waals surface area contributed by atoms with Crippen molar-refractivity contribution in [3.63, 3.8) is 0 Å². The number of sulfonamides is 1. The Labute approximate surface area is 192 Å². The summed E-state index contributed by atoms with van der Waals surface area (Å²) in [5.74, 6) is 0. The molecular formula is C22H24Cl2N4O2S. The van der Waals surface area contributed by atoms with Crippen LogP contribution in [-0.2, 0) is 16.6 Å². The summed E-state index contributed by atoms with van der Waals surface area (Å²) >= 11 is 12.1. The van der Waals surface area contributed by atoms with E-state index in [0.29, 0.717) is 29.0 Å². The van der Waals surface area contributed by atoms with Crippen LogP contribution in [0.25, 0.3) is 10.9 Å². The van der Waals surface area contributed by atoms with Crippen LogP contribution in [0, 0.1) is 0 Å². The van der Waals surface area contributed by atoms with Crippen molar-refractivity contribution in [2.24, 2.45) is 0 Å². The van der Waals surface area contributed by atoms with Crippen LogP contribution in [0.5, 0.6) is 0 Å². The van der Waals surface area contributed by atoms with Crippen LogP contribution in [-0.4, -0.2) is 62.5 Å². The molecule has 2 heterocycles. The average Bonchev–Trinajstić information content (AvgIpc) is 2.77. The van der Waals surface area contributed by atoms with Crippen molar-refractivity contribution in [2.75, 3.05) is 39.3 Å². The van der Waals surface area contributed by atoms with Gasteiger partial charge in [0.15, 0.2) is 0 Å². The summed E-state index contributed by atoms with van der Waals surface area (Å²) < 4.78 is 28.4. The van der Waals surface area contributed by atoms with Gasteiger partial charge in [-0.25, -0.2) is 13.1 Å². The van der Waals surface area contributed by atoms with Gasteiger partial charge in [0.05, 0.1) is 15.4 Å². The zero-order valence-corrected chi connectivity index (χ0v) is 19.3. The van der Waals surface area contributed by atoms with Gasteiger partial charge in [0, 0.05) is 62.4 Å². The van der Waals surface area contributed by atoms with Crippen molar-refractivity contribution in [3.05, 3.63) is 70.3 Å². The Kier molecular flexibility index (Phi) is 7.11. The van der Waals surface area contributed by atoms with E-state index in [2.05, 4.69) is 31.6 Å². The van der Waals surface area contributed by atoms with Crippen molar-refractivity contribution in [2.45, 2.75) is 11.4 Å². The molecule has 31 heavy (non-hydrogen) atoms. The highest BCUT2D eigenvalue weighted by molar-refractivity contribution is 7.89. The maximum Gasteiger partial charge on any atom is 0.241 e. The molecule has 0 atom stereocenters. The van der Waals surface area contributed by atoms with E-state index < -0.39 is 10.0 Å². The molecule has 1 fully saturated rings. The van der Waals surface area contributed by atoms with Crippen LogP contribution in [0.1, 0.15) is 5.56 Å². The maximum absolute atomic E-state index is 12.9. The second-order valence-corrected chi connectivity index (χ2v) is 10.2. The predicted octanol–water partition coefficient (Wildman–Crippen LogP) is 3.64. The summed E-state index contributed by atoms with van der Waals surface area (Å²) in [4.78, 5) is 9.09. The van der Waals surface area contributed by atoms with Crippen LogP contribution in [0.15, 0.2) is 59.6 Å². The lowest BCUT2D eigenvalue weighted by Crippen LogP contribution is -2.48. The fourth-order valence-electron chi connectivity index (χ4n) is 3.78. The molecule has 3 aromatic rings. The van der Waals surface area contributed by atoms with Crippen LogP contribution in [0.3, 0.4) is 0 Å². The van der Waals surface area contributed by atoms with Gasteiger partial charge in [0.1, 0.15) is 0 Å².